The van der Waals surface area contributed by atoms with E-state index in [-0.39, 0.29) is 29.7 Å². The number of alkyl halides is 3. The number of anilines is 1. The number of thiazole rings is 1. The number of amides is 1. The zero-order valence-corrected chi connectivity index (χ0v) is 25.4. The lowest BCUT2D eigenvalue weighted by Gasteiger charge is -2.11. The molecule has 2 heterocycles. The Labute approximate surface area is 260 Å². The molecular weight excluding hydrogens is 675 g/mol. The third kappa shape index (κ3) is 7.71. The van der Waals surface area contributed by atoms with E-state index in [4.69, 9.17) is 16.3 Å². The van der Waals surface area contributed by atoms with Crippen molar-refractivity contribution in [2.24, 2.45) is 0 Å². The minimum Gasteiger partial charge on any atom is -0.486 e. The molecule has 0 spiro atoms. The molecule has 42 heavy (non-hydrogen) atoms. The molecule has 0 aliphatic rings. The Hall–Kier alpha value is -3.39. The van der Waals surface area contributed by atoms with Gasteiger partial charge in [0.15, 0.2) is 16.1 Å². The summed E-state index contributed by atoms with van der Waals surface area (Å²) in [6, 6.07) is 20.1. The van der Waals surface area contributed by atoms with Gasteiger partial charge in [-0.2, -0.15) is 13.2 Å². The summed E-state index contributed by atoms with van der Waals surface area (Å²) in [6.45, 7) is 0.161. The molecule has 1 amide bonds. The molecule has 0 fully saturated rings. The maximum Gasteiger partial charge on any atom is 0.416 e. The van der Waals surface area contributed by atoms with Crippen molar-refractivity contribution >= 4 is 61.7 Å². The predicted octanol–water partition coefficient (Wildman–Crippen LogP) is 8.06. The van der Waals surface area contributed by atoms with Gasteiger partial charge in [-0.1, -0.05) is 57.5 Å². The highest BCUT2D eigenvalue weighted by molar-refractivity contribution is 9.10. The second-order valence-corrected chi connectivity index (χ2v) is 12.1. The molecule has 0 unspecified atom stereocenters. The van der Waals surface area contributed by atoms with Crippen LogP contribution in [0.2, 0.25) is 5.02 Å². The van der Waals surface area contributed by atoms with Crippen LogP contribution in [0.4, 0.5) is 18.3 Å². The number of para-hydroxylation sites is 1. The van der Waals surface area contributed by atoms with Crippen molar-refractivity contribution in [3.05, 3.63) is 110 Å². The van der Waals surface area contributed by atoms with Crippen LogP contribution >= 0.6 is 50.6 Å². The number of nitrogens with one attached hydrogen (secondary N) is 1. The molecule has 0 bridgehead atoms. The van der Waals surface area contributed by atoms with Crippen LogP contribution in [0, 0.1) is 0 Å². The summed E-state index contributed by atoms with van der Waals surface area (Å²) in [7, 11) is 0. The van der Waals surface area contributed by atoms with E-state index in [1.807, 2.05) is 59.2 Å². The number of ether oxygens (including phenoxy) is 1. The summed E-state index contributed by atoms with van der Waals surface area (Å²) in [5, 5.41) is 12.4. The molecule has 5 rings (SSSR count). The molecular formula is C28H20BrClF3N5O2S2. The largest absolute Gasteiger partial charge is 0.486 e. The van der Waals surface area contributed by atoms with Gasteiger partial charge in [-0.15, -0.1) is 21.5 Å². The number of hydrogen-bond acceptors (Lipinski definition) is 7. The maximum atomic E-state index is 13.1. The fourth-order valence-corrected chi connectivity index (χ4v) is 5.88. The first kappa shape index (κ1) is 30.1. The van der Waals surface area contributed by atoms with Crippen LogP contribution in [-0.4, -0.2) is 31.4 Å². The van der Waals surface area contributed by atoms with E-state index in [0.29, 0.717) is 32.3 Å². The number of aromatic nitrogens is 4. The van der Waals surface area contributed by atoms with Gasteiger partial charge in [0, 0.05) is 32.7 Å². The van der Waals surface area contributed by atoms with Crippen molar-refractivity contribution in [2.75, 3.05) is 11.1 Å². The van der Waals surface area contributed by atoms with Crippen LogP contribution in [0.25, 0.3) is 5.69 Å². The molecule has 216 valence electrons. The monoisotopic (exact) mass is 693 g/mol. The molecule has 2 aromatic heterocycles. The molecule has 14 heteroatoms. The van der Waals surface area contributed by atoms with Gasteiger partial charge in [-0.05, 0) is 60.2 Å². The number of halogens is 5. The van der Waals surface area contributed by atoms with Crippen LogP contribution in [0.5, 0.6) is 5.75 Å². The highest BCUT2D eigenvalue weighted by atomic mass is 79.9. The van der Waals surface area contributed by atoms with E-state index >= 15 is 0 Å². The number of benzene rings is 3. The minimum absolute atomic E-state index is 0.0207. The summed E-state index contributed by atoms with van der Waals surface area (Å²) < 4.78 is 48.0. The van der Waals surface area contributed by atoms with E-state index < -0.39 is 11.7 Å². The standard InChI is InChI=1S/C28H20BrClF3N5O2S2/c29-19-7-9-21(10-8-19)40-15-24-36-37-27(38(24)20-4-2-1-3-5-20)41-16-25(39)35-26-34-14-22(42-26)13-17-12-18(28(31,32)33)6-11-23(17)30/h1-12,14H,13,15-16H2,(H,34,35,39). The lowest BCUT2D eigenvalue weighted by atomic mass is 10.1. The van der Waals surface area contributed by atoms with Crippen LogP contribution in [0.1, 0.15) is 21.8 Å². The first-order valence-electron chi connectivity index (χ1n) is 12.3. The highest BCUT2D eigenvalue weighted by Gasteiger charge is 2.31. The van der Waals surface area contributed by atoms with Crippen LogP contribution < -0.4 is 10.1 Å². The molecule has 1 N–H and O–H groups in total. The SMILES string of the molecule is O=C(CSc1nnc(COc2ccc(Br)cc2)n1-c1ccccc1)Nc1ncc(Cc2cc(C(F)(F)F)ccc2Cl)s1. The van der Waals surface area contributed by atoms with E-state index in [1.165, 1.54) is 24.0 Å². The van der Waals surface area contributed by atoms with Crippen molar-refractivity contribution < 1.29 is 22.7 Å². The fraction of sp³-hybridized carbons (Fsp3) is 0.143. The molecule has 5 aromatic rings. The summed E-state index contributed by atoms with van der Waals surface area (Å²) in [4.78, 5) is 17.6. The fourth-order valence-electron chi connectivity index (χ4n) is 3.81. The average molecular weight is 695 g/mol. The molecule has 3 aromatic carbocycles. The van der Waals surface area contributed by atoms with E-state index in [0.717, 1.165) is 33.6 Å². The van der Waals surface area contributed by atoms with Crippen molar-refractivity contribution in [2.45, 2.75) is 24.4 Å². The van der Waals surface area contributed by atoms with Gasteiger partial charge >= 0.3 is 6.18 Å². The molecule has 7 nitrogen and oxygen atoms in total. The van der Waals surface area contributed by atoms with Crippen molar-refractivity contribution in [3.63, 3.8) is 0 Å². The summed E-state index contributed by atoms with van der Waals surface area (Å²) >= 11 is 11.9. The van der Waals surface area contributed by atoms with Crippen molar-refractivity contribution in [3.8, 4) is 11.4 Å². The summed E-state index contributed by atoms with van der Waals surface area (Å²) in [5.41, 5.74) is 0.365. The maximum absolute atomic E-state index is 13.1. The first-order valence-corrected chi connectivity index (χ1v) is 15.2. The molecule has 0 saturated carbocycles. The zero-order valence-electron chi connectivity index (χ0n) is 21.4. The van der Waals surface area contributed by atoms with E-state index in [9.17, 15) is 18.0 Å². The zero-order chi connectivity index (χ0) is 29.7. The quantitative estimate of drug-likeness (QED) is 0.149. The second-order valence-electron chi connectivity index (χ2n) is 8.76. The molecule has 0 atom stereocenters. The lowest BCUT2D eigenvalue weighted by Crippen LogP contribution is -2.14. The van der Waals surface area contributed by atoms with E-state index in [1.54, 1.807) is 0 Å². The third-order valence-electron chi connectivity index (χ3n) is 5.77. The molecule has 0 aliphatic heterocycles. The van der Waals surface area contributed by atoms with Crippen molar-refractivity contribution in [1.82, 2.24) is 19.7 Å². The summed E-state index contributed by atoms with van der Waals surface area (Å²) in [5.74, 6) is 0.929. The van der Waals surface area contributed by atoms with Crippen LogP contribution in [-0.2, 0) is 24.0 Å². The van der Waals surface area contributed by atoms with Crippen LogP contribution in [0.15, 0.2) is 88.6 Å². The van der Waals surface area contributed by atoms with Gasteiger partial charge in [-0.3, -0.25) is 9.36 Å². The second kappa shape index (κ2) is 13.3. The van der Waals surface area contributed by atoms with Crippen LogP contribution in [0.3, 0.4) is 0 Å². The Balaban J connectivity index is 1.23. The molecule has 0 radical (unpaired) electrons. The van der Waals surface area contributed by atoms with Crippen molar-refractivity contribution in [1.29, 1.82) is 0 Å². The Morgan fingerprint density at radius 1 is 1.07 bits per heavy atom. The first-order chi connectivity index (χ1) is 20.2. The normalized spacial score (nSPS) is 11.5. The van der Waals surface area contributed by atoms with Gasteiger partial charge in [0.2, 0.25) is 5.91 Å². The van der Waals surface area contributed by atoms with Gasteiger partial charge in [0.1, 0.15) is 12.4 Å². The minimum atomic E-state index is -4.47. The Morgan fingerprint density at radius 3 is 2.57 bits per heavy atom. The van der Waals surface area contributed by atoms with Gasteiger partial charge in [0.25, 0.3) is 0 Å². The number of carbonyl (C=O) groups is 1. The number of rotatable bonds is 10. The number of carbonyl (C=O) groups excluding carboxylic acids is 1. The predicted molar refractivity (Wildman–Crippen MR) is 161 cm³/mol. The Bertz CT molecular complexity index is 1680. The average Bonchev–Trinajstić information content (AvgIpc) is 3.59. The Kier molecular flexibility index (Phi) is 9.51. The van der Waals surface area contributed by atoms with Gasteiger partial charge in [-0.25, -0.2) is 4.98 Å². The number of thioether (sulfide) groups is 1. The third-order valence-corrected chi connectivity index (χ3v) is 8.51. The van der Waals surface area contributed by atoms with Gasteiger partial charge < -0.3 is 10.1 Å². The lowest BCUT2D eigenvalue weighted by molar-refractivity contribution is -0.137. The van der Waals surface area contributed by atoms with Gasteiger partial charge in [0.05, 0.1) is 11.3 Å². The molecule has 0 saturated heterocycles. The topological polar surface area (TPSA) is 81.9 Å². The highest BCUT2D eigenvalue weighted by Crippen LogP contribution is 2.33. The number of hydrogen-bond donors (Lipinski definition) is 1. The molecule has 0 aliphatic carbocycles. The van der Waals surface area contributed by atoms with E-state index in [2.05, 4.69) is 36.4 Å². The smallest absolute Gasteiger partial charge is 0.416 e. The summed E-state index contributed by atoms with van der Waals surface area (Å²) in [6.07, 6.45) is -2.81. The number of nitrogens with zero attached hydrogens (tertiary/aromatic N) is 4. The Morgan fingerprint density at radius 2 is 1.83 bits per heavy atom.